The summed E-state index contributed by atoms with van der Waals surface area (Å²) in [4.78, 5) is 15.1. The summed E-state index contributed by atoms with van der Waals surface area (Å²) in [5.41, 5.74) is 1.73. The standard InChI is InChI=1S/C13H17N3O3S/c1-13(2,3)10-6-14-12(20-8-11(17)18)16(10)7-9-4-5-19-15-9/h4-6H,7-8H2,1-3H3,(H,17,18). The molecule has 0 aliphatic rings. The molecule has 2 aromatic rings. The molecule has 7 heteroatoms. The Kier molecular flexibility index (Phi) is 4.17. The van der Waals surface area contributed by atoms with Crippen LogP contribution in [-0.2, 0) is 16.8 Å². The van der Waals surface area contributed by atoms with Gasteiger partial charge >= 0.3 is 5.97 Å². The Balaban J connectivity index is 2.32. The predicted octanol–water partition coefficient (Wildman–Crippen LogP) is 2.39. The molecule has 0 saturated carbocycles. The first-order valence-corrected chi connectivity index (χ1v) is 7.16. The third-order valence-corrected chi connectivity index (χ3v) is 3.70. The van der Waals surface area contributed by atoms with E-state index in [4.69, 9.17) is 9.63 Å². The van der Waals surface area contributed by atoms with Crippen molar-refractivity contribution in [2.45, 2.75) is 37.9 Å². The molecule has 0 aromatic carbocycles. The number of aromatic nitrogens is 3. The van der Waals surface area contributed by atoms with Gasteiger partial charge in [0.25, 0.3) is 0 Å². The summed E-state index contributed by atoms with van der Waals surface area (Å²) in [6.07, 6.45) is 3.32. The molecular weight excluding hydrogens is 278 g/mol. The molecular formula is C13H17N3O3S. The fourth-order valence-corrected chi connectivity index (χ4v) is 2.53. The lowest BCUT2D eigenvalue weighted by Gasteiger charge is -2.21. The number of imidazole rings is 1. The largest absolute Gasteiger partial charge is 0.481 e. The van der Waals surface area contributed by atoms with Crippen molar-refractivity contribution >= 4 is 17.7 Å². The van der Waals surface area contributed by atoms with Crippen molar-refractivity contribution in [3.8, 4) is 0 Å². The van der Waals surface area contributed by atoms with Gasteiger partial charge in [0.15, 0.2) is 5.16 Å². The Morgan fingerprint density at radius 3 is 2.80 bits per heavy atom. The lowest BCUT2D eigenvalue weighted by atomic mass is 9.92. The minimum Gasteiger partial charge on any atom is -0.481 e. The van der Waals surface area contributed by atoms with E-state index in [9.17, 15) is 4.79 Å². The van der Waals surface area contributed by atoms with Gasteiger partial charge in [0.1, 0.15) is 12.0 Å². The second kappa shape index (κ2) is 5.70. The third-order valence-electron chi connectivity index (χ3n) is 2.72. The van der Waals surface area contributed by atoms with Gasteiger partial charge in [0.05, 0.1) is 12.3 Å². The van der Waals surface area contributed by atoms with Crippen LogP contribution in [0, 0.1) is 0 Å². The lowest BCUT2D eigenvalue weighted by Crippen LogP contribution is -2.19. The van der Waals surface area contributed by atoms with E-state index < -0.39 is 5.97 Å². The highest BCUT2D eigenvalue weighted by atomic mass is 32.2. The van der Waals surface area contributed by atoms with Crippen LogP contribution in [0.1, 0.15) is 32.2 Å². The topological polar surface area (TPSA) is 81.1 Å². The molecule has 2 aromatic heterocycles. The van der Waals surface area contributed by atoms with Crippen LogP contribution in [0.3, 0.4) is 0 Å². The van der Waals surface area contributed by atoms with E-state index in [-0.39, 0.29) is 11.2 Å². The Morgan fingerprint density at radius 1 is 1.50 bits per heavy atom. The number of aliphatic carboxylic acids is 1. The number of carboxylic acids is 1. The molecule has 2 heterocycles. The van der Waals surface area contributed by atoms with Gasteiger partial charge in [-0.15, -0.1) is 0 Å². The minimum absolute atomic E-state index is 0.0145. The predicted molar refractivity (Wildman–Crippen MR) is 74.9 cm³/mol. The SMILES string of the molecule is CC(C)(C)c1cnc(SCC(=O)O)n1Cc1ccon1. The van der Waals surface area contributed by atoms with Crippen LogP contribution in [0.25, 0.3) is 0 Å². The summed E-state index contributed by atoms with van der Waals surface area (Å²) in [6, 6.07) is 1.79. The maximum absolute atomic E-state index is 10.7. The Labute approximate surface area is 121 Å². The Morgan fingerprint density at radius 2 is 2.25 bits per heavy atom. The molecule has 0 aliphatic carbocycles. The maximum atomic E-state index is 10.7. The molecule has 0 spiro atoms. The van der Waals surface area contributed by atoms with Crippen molar-refractivity contribution in [3.63, 3.8) is 0 Å². The van der Waals surface area contributed by atoms with Crippen molar-refractivity contribution in [1.82, 2.24) is 14.7 Å². The van der Waals surface area contributed by atoms with Crippen molar-refractivity contribution < 1.29 is 14.4 Å². The summed E-state index contributed by atoms with van der Waals surface area (Å²) < 4.78 is 6.83. The third kappa shape index (κ3) is 3.41. The van der Waals surface area contributed by atoms with E-state index in [2.05, 4.69) is 30.9 Å². The lowest BCUT2D eigenvalue weighted by molar-refractivity contribution is -0.133. The highest BCUT2D eigenvalue weighted by molar-refractivity contribution is 7.99. The number of rotatable bonds is 5. The normalized spacial score (nSPS) is 11.8. The molecule has 20 heavy (non-hydrogen) atoms. The van der Waals surface area contributed by atoms with Crippen molar-refractivity contribution in [2.75, 3.05) is 5.75 Å². The van der Waals surface area contributed by atoms with Gasteiger partial charge in [0.2, 0.25) is 0 Å². The molecule has 0 saturated heterocycles. The van der Waals surface area contributed by atoms with E-state index in [1.54, 1.807) is 12.3 Å². The van der Waals surface area contributed by atoms with Gasteiger partial charge in [-0.05, 0) is 0 Å². The van der Waals surface area contributed by atoms with E-state index in [1.807, 2.05) is 4.57 Å². The number of thioether (sulfide) groups is 1. The average Bonchev–Trinajstić information content (AvgIpc) is 2.95. The Hall–Kier alpha value is -1.76. The quantitative estimate of drug-likeness (QED) is 0.853. The first kappa shape index (κ1) is 14.6. The molecule has 0 bridgehead atoms. The summed E-state index contributed by atoms with van der Waals surface area (Å²) in [6.45, 7) is 6.80. The zero-order valence-corrected chi connectivity index (χ0v) is 12.5. The van der Waals surface area contributed by atoms with Crippen molar-refractivity contribution in [1.29, 1.82) is 0 Å². The van der Waals surface area contributed by atoms with Crippen LogP contribution in [0.15, 0.2) is 28.2 Å². The number of hydrogen-bond donors (Lipinski definition) is 1. The van der Waals surface area contributed by atoms with Gasteiger partial charge in [-0.1, -0.05) is 37.7 Å². The van der Waals surface area contributed by atoms with Gasteiger partial charge in [0, 0.05) is 23.4 Å². The zero-order valence-electron chi connectivity index (χ0n) is 11.7. The second-order valence-corrected chi connectivity index (χ2v) is 6.38. The summed E-state index contributed by atoms with van der Waals surface area (Å²) in [5, 5.41) is 13.4. The average molecular weight is 295 g/mol. The van der Waals surface area contributed by atoms with E-state index in [0.717, 1.165) is 11.4 Å². The highest BCUT2D eigenvalue weighted by Gasteiger charge is 2.22. The fraction of sp³-hybridized carbons (Fsp3) is 0.462. The van der Waals surface area contributed by atoms with Crippen LogP contribution in [-0.4, -0.2) is 31.5 Å². The molecule has 0 unspecified atom stereocenters. The van der Waals surface area contributed by atoms with Crippen LogP contribution in [0.5, 0.6) is 0 Å². The molecule has 0 aliphatic heterocycles. The molecule has 0 radical (unpaired) electrons. The number of hydrogen-bond acceptors (Lipinski definition) is 5. The van der Waals surface area contributed by atoms with Gasteiger partial charge in [-0.2, -0.15) is 0 Å². The van der Waals surface area contributed by atoms with E-state index in [1.165, 1.54) is 18.0 Å². The van der Waals surface area contributed by atoms with Crippen LogP contribution in [0.4, 0.5) is 0 Å². The van der Waals surface area contributed by atoms with Crippen molar-refractivity contribution in [3.05, 3.63) is 29.9 Å². The maximum Gasteiger partial charge on any atom is 0.313 e. The Bertz CT molecular complexity index is 585. The van der Waals surface area contributed by atoms with E-state index >= 15 is 0 Å². The molecule has 0 atom stereocenters. The number of nitrogens with zero attached hydrogens (tertiary/aromatic N) is 3. The molecule has 108 valence electrons. The summed E-state index contributed by atoms with van der Waals surface area (Å²) >= 11 is 1.21. The minimum atomic E-state index is -0.858. The first-order chi connectivity index (χ1) is 9.38. The first-order valence-electron chi connectivity index (χ1n) is 6.18. The molecule has 0 fully saturated rings. The van der Waals surface area contributed by atoms with Gasteiger partial charge in [-0.3, -0.25) is 4.79 Å². The van der Waals surface area contributed by atoms with Crippen LogP contribution in [0.2, 0.25) is 0 Å². The molecule has 0 amide bonds. The molecule has 2 rings (SSSR count). The smallest absolute Gasteiger partial charge is 0.313 e. The summed E-state index contributed by atoms with van der Waals surface area (Å²) in [7, 11) is 0. The summed E-state index contributed by atoms with van der Waals surface area (Å²) in [5.74, 6) is -0.873. The van der Waals surface area contributed by atoms with Gasteiger partial charge in [-0.25, -0.2) is 4.98 Å². The fourth-order valence-electron chi connectivity index (χ4n) is 1.83. The highest BCUT2D eigenvalue weighted by Crippen LogP contribution is 2.28. The molecule has 1 N–H and O–H groups in total. The number of carboxylic acid groups (broad SMARTS) is 1. The monoisotopic (exact) mass is 295 g/mol. The van der Waals surface area contributed by atoms with Crippen LogP contribution < -0.4 is 0 Å². The van der Waals surface area contributed by atoms with Gasteiger partial charge < -0.3 is 14.2 Å². The van der Waals surface area contributed by atoms with E-state index in [0.29, 0.717) is 11.7 Å². The number of carbonyl (C=O) groups is 1. The van der Waals surface area contributed by atoms with Crippen LogP contribution >= 0.6 is 11.8 Å². The van der Waals surface area contributed by atoms with Crippen molar-refractivity contribution in [2.24, 2.45) is 0 Å². The molecule has 6 nitrogen and oxygen atoms in total. The second-order valence-electron chi connectivity index (χ2n) is 5.44. The zero-order chi connectivity index (χ0) is 14.8.